The number of halogens is 3. The predicted molar refractivity (Wildman–Crippen MR) is 81.7 cm³/mol. The van der Waals surface area contributed by atoms with Gasteiger partial charge < -0.3 is 5.32 Å². The molecule has 0 amide bonds. The van der Waals surface area contributed by atoms with E-state index in [1.54, 1.807) is 0 Å². The molecule has 1 aromatic carbocycles. The summed E-state index contributed by atoms with van der Waals surface area (Å²) in [6.45, 7) is 0. The van der Waals surface area contributed by atoms with Gasteiger partial charge in [-0.05, 0) is 53.9 Å². The van der Waals surface area contributed by atoms with Gasteiger partial charge in [-0.1, -0.05) is 32.1 Å². The van der Waals surface area contributed by atoms with E-state index >= 15 is 0 Å². The molecule has 1 aromatic rings. The van der Waals surface area contributed by atoms with E-state index in [4.69, 9.17) is 0 Å². The summed E-state index contributed by atoms with van der Waals surface area (Å²) in [4.78, 5) is 0. The minimum Gasteiger partial charge on any atom is -0.313 e. The first-order valence-corrected chi connectivity index (χ1v) is 8.24. The summed E-state index contributed by atoms with van der Waals surface area (Å²) < 4.78 is 28.1. The van der Waals surface area contributed by atoms with Crippen molar-refractivity contribution in [2.24, 2.45) is 5.92 Å². The standard InChI is InChI=1S/C16H22BrF2N/c1-20-16(11-7-5-3-2-4-6-8-11)12-9-15(19)13(17)10-14(12)18/h9-11,16,20H,2-8H2,1H3. The van der Waals surface area contributed by atoms with Gasteiger partial charge in [0.25, 0.3) is 0 Å². The molecule has 0 bridgehead atoms. The quantitative estimate of drug-likeness (QED) is 0.728. The molecule has 1 aliphatic carbocycles. The molecule has 1 saturated carbocycles. The van der Waals surface area contributed by atoms with E-state index in [0.29, 0.717) is 11.5 Å². The van der Waals surface area contributed by atoms with Crippen LogP contribution < -0.4 is 5.32 Å². The van der Waals surface area contributed by atoms with Crippen LogP contribution in [0.4, 0.5) is 8.78 Å². The first-order valence-electron chi connectivity index (χ1n) is 7.45. The Morgan fingerprint density at radius 1 is 1.05 bits per heavy atom. The fraction of sp³-hybridized carbons (Fsp3) is 0.625. The molecule has 1 N–H and O–H groups in total. The van der Waals surface area contributed by atoms with E-state index in [0.717, 1.165) is 12.8 Å². The highest BCUT2D eigenvalue weighted by Gasteiger charge is 2.25. The lowest BCUT2D eigenvalue weighted by molar-refractivity contribution is 0.293. The SMILES string of the molecule is CNC(c1cc(F)c(Br)cc1F)C1CCCCCCC1. The van der Waals surface area contributed by atoms with Crippen LogP contribution in [-0.2, 0) is 0 Å². The van der Waals surface area contributed by atoms with Crippen molar-refractivity contribution in [2.45, 2.75) is 51.0 Å². The van der Waals surface area contributed by atoms with E-state index < -0.39 is 5.82 Å². The lowest BCUT2D eigenvalue weighted by atomic mass is 9.82. The Morgan fingerprint density at radius 2 is 1.65 bits per heavy atom. The molecule has 0 aliphatic heterocycles. The normalized spacial score (nSPS) is 19.4. The van der Waals surface area contributed by atoms with Gasteiger partial charge in [0.2, 0.25) is 0 Å². The van der Waals surface area contributed by atoms with Crippen LogP contribution in [0.3, 0.4) is 0 Å². The summed E-state index contributed by atoms with van der Waals surface area (Å²) in [5.41, 5.74) is 0.457. The molecule has 112 valence electrons. The second-order valence-electron chi connectivity index (χ2n) is 5.66. The second-order valence-corrected chi connectivity index (χ2v) is 6.51. The minimum absolute atomic E-state index is 0.101. The van der Waals surface area contributed by atoms with Crippen molar-refractivity contribution in [3.8, 4) is 0 Å². The molecule has 0 aromatic heterocycles. The molecule has 20 heavy (non-hydrogen) atoms. The third-order valence-electron chi connectivity index (χ3n) is 4.31. The molecule has 0 saturated heterocycles. The Balaban J connectivity index is 2.24. The maximum absolute atomic E-state index is 14.2. The molecule has 1 aliphatic rings. The molecule has 0 spiro atoms. The van der Waals surface area contributed by atoms with Crippen LogP contribution in [-0.4, -0.2) is 7.05 Å². The predicted octanol–water partition coefficient (Wildman–Crippen LogP) is 5.35. The summed E-state index contributed by atoms with van der Waals surface area (Å²) in [5.74, 6) is -0.345. The minimum atomic E-state index is -0.396. The number of rotatable bonds is 3. The summed E-state index contributed by atoms with van der Waals surface area (Å²) in [6.07, 6.45) is 8.35. The van der Waals surface area contributed by atoms with Gasteiger partial charge in [0.15, 0.2) is 0 Å². The molecule has 0 radical (unpaired) electrons. The average molecular weight is 346 g/mol. The van der Waals surface area contributed by atoms with Gasteiger partial charge in [-0.3, -0.25) is 0 Å². The van der Waals surface area contributed by atoms with Crippen LogP contribution in [0.2, 0.25) is 0 Å². The molecule has 2 rings (SSSR count). The van der Waals surface area contributed by atoms with Gasteiger partial charge >= 0.3 is 0 Å². The Hall–Kier alpha value is -0.480. The van der Waals surface area contributed by atoms with Crippen molar-refractivity contribution in [2.75, 3.05) is 7.05 Å². The molecule has 1 nitrogen and oxygen atoms in total. The highest BCUT2D eigenvalue weighted by atomic mass is 79.9. The summed E-state index contributed by atoms with van der Waals surface area (Å²) >= 11 is 3.03. The van der Waals surface area contributed by atoms with E-state index in [2.05, 4.69) is 21.2 Å². The summed E-state index contributed by atoms with van der Waals surface area (Å²) in [7, 11) is 1.84. The van der Waals surface area contributed by atoms with Crippen LogP contribution in [0.1, 0.15) is 56.6 Å². The zero-order chi connectivity index (χ0) is 14.5. The summed E-state index contributed by atoms with van der Waals surface area (Å²) in [6, 6.07) is 2.47. The van der Waals surface area contributed by atoms with Crippen molar-refractivity contribution in [1.82, 2.24) is 5.32 Å². The van der Waals surface area contributed by atoms with Crippen LogP contribution in [0, 0.1) is 17.6 Å². The van der Waals surface area contributed by atoms with E-state index in [1.807, 2.05) is 7.05 Å². The Bertz CT molecular complexity index is 442. The molecular weight excluding hydrogens is 324 g/mol. The zero-order valence-electron chi connectivity index (χ0n) is 11.9. The number of benzene rings is 1. The second kappa shape index (κ2) is 7.51. The van der Waals surface area contributed by atoms with Crippen molar-refractivity contribution >= 4 is 15.9 Å². The first kappa shape index (κ1) is 15.9. The fourth-order valence-electron chi connectivity index (χ4n) is 3.24. The highest BCUT2D eigenvalue weighted by Crippen LogP contribution is 2.35. The van der Waals surface area contributed by atoms with Crippen molar-refractivity contribution < 1.29 is 8.78 Å². The highest BCUT2D eigenvalue weighted by molar-refractivity contribution is 9.10. The third-order valence-corrected chi connectivity index (χ3v) is 4.91. The van der Waals surface area contributed by atoms with Gasteiger partial charge in [0.1, 0.15) is 11.6 Å². The molecular formula is C16H22BrF2N. The smallest absolute Gasteiger partial charge is 0.137 e. The molecule has 4 heteroatoms. The van der Waals surface area contributed by atoms with Gasteiger partial charge in [0, 0.05) is 11.6 Å². The van der Waals surface area contributed by atoms with Crippen LogP contribution in [0.25, 0.3) is 0 Å². The van der Waals surface area contributed by atoms with Crippen LogP contribution in [0.5, 0.6) is 0 Å². The molecule has 0 heterocycles. The number of hydrogen-bond acceptors (Lipinski definition) is 1. The Kier molecular flexibility index (Phi) is 5.97. The number of hydrogen-bond donors (Lipinski definition) is 1. The van der Waals surface area contributed by atoms with Gasteiger partial charge in [-0.25, -0.2) is 8.78 Å². The van der Waals surface area contributed by atoms with Crippen molar-refractivity contribution in [3.05, 3.63) is 33.8 Å². The Morgan fingerprint density at radius 3 is 2.25 bits per heavy atom. The Labute approximate surface area is 128 Å². The van der Waals surface area contributed by atoms with Crippen LogP contribution in [0.15, 0.2) is 16.6 Å². The maximum Gasteiger partial charge on any atom is 0.137 e. The first-order chi connectivity index (χ1) is 9.63. The average Bonchev–Trinajstić information content (AvgIpc) is 2.38. The zero-order valence-corrected chi connectivity index (χ0v) is 13.5. The number of nitrogens with one attached hydrogen (secondary N) is 1. The lowest BCUT2D eigenvalue weighted by Crippen LogP contribution is -2.27. The van der Waals surface area contributed by atoms with E-state index in [1.165, 1.54) is 44.2 Å². The van der Waals surface area contributed by atoms with Crippen molar-refractivity contribution in [3.63, 3.8) is 0 Å². The molecule has 1 unspecified atom stereocenters. The third kappa shape index (κ3) is 3.79. The fourth-order valence-corrected chi connectivity index (χ4v) is 3.56. The van der Waals surface area contributed by atoms with Crippen LogP contribution >= 0.6 is 15.9 Å². The topological polar surface area (TPSA) is 12.0 Å². The molecule has 1 atom stereocenters. The van der Waals surface area contributed by atoms with E-state index in [9.17, 15) is 8.78 Å². The van der Waals surface area contributed by atoms with Gasteiger partial charge in [-0.2, -0.15) is 0 Å². The van der Waals surface area contributed by atoms with Gasteiger partial charge in [-0.15, -0.1) is 0 Å². The monoisotopic (exact) mass is 345 g/mol. The molecule has 1 fully saturated rings. The van der Waals surface area contributed by atoms with Crippen molar-refractivity contribution in [1.29, 1.82) is 0 Å². The largest absolute Gasteiger partial charge is 0.313 e. The summed E-state index contributed by atoms with van der Waals surface area (Å²) in [5, 5.41) is 3.20. The van der Waals surface area contributed by atoms with E-state index in [-0.39, 0.29) is 16.3 Å². The lowest BCUT2D eigenvalue weighted by Gasteiger charge is -2.29. The van der Waals surface area contributed by atoms with Gasteiger partial charge in [0.05, 0.1) is 4.47 Å². The maximum atomic E-state index is 14.2.